The van der Waals surface area contributed by atoms with Crippen LogP contribution in [0.5, 0.6) is 0 Å². The number of hydrogen-bond donors (Lipinski definition) is 0. The number of rotatable bonds is 6. The van der Waals surface area contributed by atoms with Crippen molar-refractivity contribution < 1.29 is 9.53 Å². The highest BCUT2D eigenvalue weighted by Crippen LogP contribution is 2.19. The lowest BCUT2D eigenvalue weighted by atomic mass is 9.95. The van der Waals surface area contributed by atoms with E-state index < -0.39 is 0 Å². The molecule has 0 aromatic heterocycles. The van der Waals surface area contributed by atoms with E-state index in [1.807, 2.05) is 20.8 Å². The molecular formula is C13H26O2. The molecule has 2 nitrogen and oxygen atoms in total. The molecule has 0 radical (unpaired) electrons. The highest BCUT2D eigenvalue weighted by atomic mass is 16.6. The summed E-state index contributed by atoms with van der Waals surface area (Å²) in [5.41, 5.74) is -0.347. The molecule has 0 spiro atoms. The quantitative estimate of drug-likeness (QED) is 0.626. The maximum atomic E-state index is 11.6. The smallest absolute Gasteiger partial charge is 0.306 e. The lowest BCUT2D eigenvalue weighted by Crippen LogP contribution is -2.25. The Morgan fingerprint density at radius 2 is 1.60 bits per heavy atom. The van der Waals surface area contributed by atoms with Gasteiger partial charge in [-0.05, 0) is 26.7 Å². The van der Waals surface area contributed by atoms with Crippen molar-refractivity contribution in [1.29, 1.82) is 0 Å². The number of carbonyl (C=O) groups is 1. The second kappa shape index (κ2) is 6.86. The monoisotopic (exact) mass is 214 g/mol. The molecule has 0 amide bonds. The van der Waals surface area contributed by atoms with Crippen LogP contribution in [0.15, 0.2) is 0 Å². The Kier molecular flexibility index (Phi) is 6.62. The minimum atomic E-state index is -0.347. The van der Waals surface area contributed by atoms with E-state index in [-0.39, 0.29) is 11.6 Å². The van der Waals surface area contributed by atoms with Gasteiger partial charge in [-0.2, -0.15) is 0 Å². The summed E-state index contributed by atoms with van der Waals surface area (Å²) in [4.78, 5) is 11.6. The van der Waals surface area contributed by atoms with E-state index in [0.29, 0.717) is 12.3 Å². The van der Waals surface area contributed by atoms with Crippen LogP contribution in [-0.2, 0) is 9.53 Å². The summed E-state index contributed by atoms with van der Waals surface area (Å²) in [6.45, 7) is 10.1. The van der Waals surface area contributed by atoms with Crippen molar-refractivity contribution in [3.05, 3.63) is 0 Å². The normalized spacial score (nSPS) is 11.9. The Labute approximate surface area is 94.4 Å². The average Bonchev–Trinajstić information content (AvgIpc) is 2.00. The van der Waals surface area contributed by atoms with E-state index in [0.717, 1.165) is 25.7 Å². The van der Waals surface area contributed by atoms with Crippen LogP contribution < -0.4 is 0 Å². The summed E-state index contributed by atoms with van der Waals surface area (Å²) in [6.07, 6.45) is 5.14. The molecule has 90 valence electrons. The van der Waals surface area contributed by atoms with Crippen LogP contribution in [0.3, 0.4) is 0 Å². The van der Waals surface area contributed by atoms with Crippen molar-refractivity contribution in [2.75, 3.05) is 0 Å². The Morgan fingerprint density at radius 3 is 1.93 bits per heavy atom. The molecule has 15 heavy (non-hydrogen) atoms. The maximum Gasteiger partial charge on any atom is 0.306 e. The Bertz CT molecular complexity index is 173. The second-order valence-electron chi connectivity index (χ2n) is 5.23. The van der Waals surface area contributed by atoms with Gasteiger partial charge in [-0.3, -0.25) is 4.79 Å². The molecule has 0 unspecified atom stereocenters. The standard InChI is InChI=1S/C13H26O2/c1-6-8-11(9-7-2)10-12(14)15-13(3,4)5/h11H,6-10H2,1-5H3. The Morgan fingerprint density at radius 1 is 1.13 bits per heavy atom. The minimum Gasteiger partial charge on any atom is -0.460 e. The van der Waals surface area contributed by atoms with Gasteiger partial charge in [-0.15, -0.1) is 0 Å². The largest absolute Gasteiger partial charge is 0.460 e. The number of hydrogen-bond acceptors (Lipinski definition) is 2. The highest BCUT2D eigenvalue weighted by Gasteiger charge is 2.19. The topological polar surface area (TPSA) is 26.3 Å². The van der Waals surface area contributed by atoms with E-state index in [9.17, 15) is 4.79 Å². The molecule has 0 aliphatic rings. The molecule has 2 heteroatoms. The van der Waals surface area contributed by atoms with Crippen LogP contribution in [0.4, 0.5) is 0 Å². The van der Waals surface area contributed by atoms with E-state index in [4.69, 9.17) is 4.74 Å². The van der Waals surface area contributed by atoms with Gasteiger partial charge < -0.3 is 4.74 Å². The lowest BCUT2D eigenvalue weighted by molar-refractivity contribution is -0.156. The molecule has 0 saturated carbocycles. The van der Waals surface area contributed by atoms with Gasteiger partial charge in [-0.1, -0.05) is 39.5 Å². The zero-order valence-electron chi connectivity index (χ0n) is 10.9. The van der Waals surface area contributed by atoms with Crippen LogP contribution in [-0.4, -0.2) is 11.6 Å². The van der Waals surface area contributed by atoms with Crippen molar-refractivity contribution in [1.82, 2.24) is 0 Å². The van der Waals surface area contributed by atoms with Gasteiger partial charge in [0.15, 0.2) is 0 Å². The van der Waals surface area contributed by atoms with Crippen LogP contribution in [0, 0.1) is 5.92 Å². The first-order valence-corrected chi connectivity index (χ1v) is 6.10. The minimum absolute atomic E-state index is 0.0469. The van der Waals surface area contributed by atoms with Gasteiger partial charge in [-0.25, -0.2) is 0 Å². The van der Waals surface area contributed by atoms with Crippen LogP contribution in [0.2, 0.25) is 0 Å². The van der Waals surface area contributed by atoms with Gasteiger partial charge in [0.25, 0.3) is 0 Å². The van der Waals surface area contributed by atoms with Crippen molar-refractivity contribution in [3.63, 3.8) is 0 Å². The molecule has 0 saturated heterocycles. The fraction of sp³-hybridized carbons (Fsp3) is 0.923. The fourth-order valence-corrected chi connectivity index (χ4v) is 1.78. The summed E-state index contributed by atoms with van der Waals surface area (Å²) in [6, 6.07) is 0. The Balaban J connectivity index is 3.99. The third-order valence-electron chi connectivity index (χ3n) is 2.27. The maximum absolute atomic E-state index is 11.6. The average molecular weight is 214 g/mol. The predicted octanol–water partition coefficient (Wildman–Crippen LogP) is 3.93. The Hall–Kier alpha value is -0.530. The molecule has 0 aliphatic carbocycles. The van der Waals surface area contributed by atoms with Crippen molar-refractivity contribution >= 4 is 5.97 Å². The number of carbonyl (C=O) groups excluding carboxylic acids is 1. The lowest BCUT2D eigenvalue weighted by Gasteiger charge is -2.22. The number of esters is 1. The summed E-state index contributed by atoms with van der Waals surface area (Å²) in [5, 5.41) is 0. The van der Waals surface area contributed by atoms with Crippen LogP contribution in [0.25, 0.3) is 0 Å². The van der Waals surface area contributed by atoms with Crippen molar-refractivity contribution in [2.24, 2.45) is 5.92 Å². The SMILES string of the molecule is CCCC(CCC)CC(=O)OC(C)(C)C. The van der Waals surface area contributed by atoms with E-state index >= 15 is 0 Å². The summed E-state index contributed by atoms with van der Waals surface area (Å²) >= 11 is 0. The zero-order valence-corrected chi connectivity index (χ0v) is 10.9. The van der Waals surface area contributed by atoms with Crippen LogP contribution >= 0.6 is 0 Å². The first kappa shape index (κ1) is 14.5. The van der Waals surface area contributed by atoms with E-state index in [1.54, 1.807) is 0 Å². The van der Waals surface area contributed by atoms with Crippen molar-refractivity contribution in [2.45, 2.75) is 72.3 Å². The summed E-state index contributed by atoms with van der Waals surface area (Å²) in [7, 11) is 0. The third kappa shape index (κ3) is 8.46. The molecule has 0 bridgehead atoms. The second-order valence-corrected chi connectivity index (χ2v) is 5.23. The van der Waals surface area contributed by atoms with Gasteiger partial charge in [0.05, 0.1) is 0 Å². The highest BCUT2D eigenvalue weighted by molar-refractivity contribution is 5.70. The fourth-order valence-electron chi connectivity index (χ4n) is 1.78. The third-order valence-corrected chi connectivity index (χ3v) is 2.27. The molecule has 0 rings (SSSR count). The molecule has 0 fully saturated rings. The van der Waals surface area contributed by atoms with E-state index in [2.05, 4.69) is 13.8 Å². The molecular weight excluding hydrogens is 188 g/mol. The van der Waals surface area contributed by atoms with Crippen molar-refractivity contribution in [3.8, 4) is 0 Å². The molecule has 0 aromatic carbocycles. The van der Waals surface area contributed by atoms with Gasteiger partial charge >= 0.3 is 5.97 Å². The zero-order chi connectivity index (χ0) is 11.9. The van der Waals surface area contributed by atoms with E-state index in [1.165, 1.54) is 0 Å². The predicted molar refractivity (Wildman–Crippen MR) is 63.8 cm³/mol. The molecule has 0 N–H and O–H groups in total. The summed E-state index contributed by atoms with van der Waals surface area (Å²) in [5.74, 6) is 0.462. The molecule has 0 atom stereocenters. The first-order valence-electron chi connectivity index (χ1n) is 6.10. The van der Waals surface area contributed by atoms with Gasteiger partial charge in [0.2, 0.25) is 0 Å². The first-order chi connectivity index (χ1) is 6.89. The van der Waals surface area contributed by atoms with Gasteiger partial charge in [0, 0.05) is 6.42 Å². The van der Waals surface area contributed by atoms with Crippen LogP contribution in [0.1, 0.15) is 66.7 Å². The molecule has 0 aromatic rings. The van der Waals surface area contributed by atoms with Gasteiger partial charge in [0.1, 0.15) is 5.60 Å². The summed E-state index contributed by atoms with van der Waals surface area (Å²) < 4.78 is 5.32. The molecule has 0 heterocycles. The molecule has 0 aliphatic heterocycles. The number of ether oxygens (including phenoxy) is 1.